The fourth-order valence-electron chi connectivity index (χ4n) is 5.70. The largest absolute Gasteiger partial charge is 0.459 e. The number of carbonyl (C=O) groups is 1. The molecule has 0 amide bonds. The van der Waals surface area contributed by atoms with E-state index in [0.29, 0.717) is 20.6 Å². The fraction of sp³-hybridized carbons (Fsp3) is 0.229. The van der Waals surface area contributed by atoms with Crippen LogP contribution in [0.25, 0.3) is 17.0 Å². The summed E-state index contributed by atoms with van der Waals surface area (Å²) >= 11 is 3.00. The molecule has 5 aromatic rings. The number of carbonyl (C=O) groups excluding carboxylic acids is 1. The van der Waals surface area contributed by atoms with Crippen LogP contribution in [0.2, 0.25) is 0 Å². The minimum absolute atomic E-state index is 0.177. The Labute approximate surface area is 258 Å². The molecule has 0 saturated carbocycles. The zero-order valence-electron chi connectivity index (χ0n) is 24.8. The van der Waals surface area contributed by atoms with Gasteiger partial charge in [0.1, 0.15) is 0 Å². The van der Waals surface area contributed by atoms with E-state index in [9.17, 15) is 9.59 Å². The van der Waals surface area contributed by atoms with Gasteiger partial charge in [-0.1, -0.05) is 72.0 Å². The third kappa shape index (κ3) is 5.41. The van der Waals surface area contributed by atoms with Gasteiger partial charge in [-0.05, 0) is 69.4 Å². The van der Waals surface area contributed by atoms with Crippen molar-refractivity contribution < 1.29 is 9.53 Å². The molecule has 0 fully saturated rings. The number of esters is 1. The number of hydrogen-bond acceptors (Lipinski definition) is 6. The number of nitrogens with zero attached hydrogens (tertiary/aromatic N) is 3. The third-order valence-corrected chi connectivity index (χ3v) is 9.48. The summed E-state index contributed by atoms with van der Waals surface area (Å²) in [4.78, 5) is 34.1. The number of hydrogen-bond donors (Lipinski definition) is 0. The summed E-state index contributed by atoms with van der Waals surface area (Å²) in [7, 11) is 0. The number of ether oxygens (including phenoxy) is 1. The first-order valence-corrected chi connectivity index (χ1v) is 16.3. The van der Waals surface area contributed by atoms with Crippen LogP contribution in [-0.4, -0.2) is 27.5 Å². The molecule has 3 aromatic carbocycles. The Morgan fingerprint density at radius 1 is 1.02 bits per heavy atom. The molecule has 218 valence electrons. The number of thiazole rings is 1. The summed E-state index contributed by atoms with van der Waals surface area (Å²) in [5.41, 5.74) is 6.03. The lowest BCUT2D eigenvalue weighted by Gasteiger charge is -2.25. The predicted molar refractivity (Wildman–Crippen MR) is 175 cm³/mol. The fourth-order valence-corrected chi connectivity index (χ4v) is 7.14. The van der Waals surface area contributed by atoms with Gasteiger partial charge in [0.25, 0.3) is 5.56 Å². The van der Waals surface area contributed by atoms with Crippen LogP contribution in [0, 0.1) is 6.92 Å². The Balaban J connectivity index is 1.54. The van der Waals surface area contributed by atoms with Crippen molar-refractivity contribution >= 4 is 46.0 Å². The van der Waals surface area contributed by atoms with E-state index < -0.39 is 12.0 Å². The van der Waals surface area contributed by atoms with E-state index in [1.54, 1.807) is 16.3 Å². The average Bonchev–Trinajstić information content (AvgIpc) is 3.45. The van der Waals surface area contributed by atoms with E-state index in [1.807, 2.05) is 75.6 Å². The molecule has 0 bridgehead atoms. The summed E-state index contributed by atoms with van der Waals surface area (Å²) in [6, 6.07) is 26.0. The molecule has 3 heterocycles. The number of aromatic nitrogens is 2. The van der Waals surface area contributed by atoms with Crippen molar-refractivity contribution in [1.29, 1.82) is 0 Å². The lowest BCUT2D eigenvalue weighted by Crippen LogP contribution is -2.40. The third-order valence-electron chi connectivity index (χ3n) is 7.75. The minimum atomic E-state index is -0.638. The Bertz CT molecular complexity index is 2050. The lowest BCUT2D eigenvalue weighted by molar-refractivity contribution is -0.143. The molecule has 0 aliphatic carbocycles. The number of para-hydroxylation sites is 1. The van der Waals surface area contributed by atoms with Gasteiger partial charge >= 0.3 is 5.97 Å². The molecule has 1 aliphatic heterocycles. The average molecular weight is 608 g/mol. The van der Waals surface area contributed by atoms with Crippen LogP contribution in [-0.2, 0) is 16.1 Å². The second kappa shape index (κ2) is 11.9. The normalized spacial score (nSPS) is 15.2. The number of allylic oxidation sites excluding steroid dienone is 1. The molecule has 6 rings (SSSR count). The van der Waals surface area contributed by atoms with Gasteiger partial charge in [-0.25, -0.2) is 9.79 Å². The number of benzene rings is 3. The monoisotopic (exact) mass is 607 g/mol. The van der Waals surface area contributed by atoms with Crippen LogP contribution in [0.1, 0.15) is 49.2 Å². The molecule has 0 saturated heterocycles. The topological polar surface area (TPSA) is 65.6 Å². The van der Waals surface area contributed by atoms with Crippen molar-refractivity contribution in [3.05, 3.63) is 132 Å². The van der Waals surface area contributed by atoms with E-state index in [-0.39, 0.29) is 11.7 Å². The molecule has 0 radical (unpaired) electrons. The van der Waals surface area contributed by atoms with E-state index >= 15 is 0 Å². The molecule has 8 heteroatoms. The molecule has 0 spiro atoms. The van der Waals surface area contributed by atoms with Gasteiger partial charge in [-0.15, -0.1) is 11.8 Å². The maximum absolute atomic E-state index is 14.3. The number of fused-ring (bicyclic) bond motifs is 2. The van der Waals surface area contributed by atoms with Gasteiger partial charge in [0.15, 0.2) is 4.80 Å². The molecule has 43 heavy (non-hydrogen) atoms. The Kier molecular flexibility index (Phi) is 7.99. The molecule has 0 unspecified atom stereocenters. The summed E-state index contributed by atoms with van der Waals surface area (Å²) in [6.07, 6.45) is 3.71. The molecule has 0 N–H and O–H groups in total. The molecule has 1 aliphatic rings. The van der Waals surface area contributed by atoms with Crippen LogP contribution < -0.4 is 14.9 Å². The SMILES string of the molecule is CSc1ccc([C@@H]2C(C(=O)OC(C)C)=C(C)N=c3s/c(=C\c4c(C)n(Cc5ccccc5)c5ccccc45)c(=O)n32)cc1. The maximum atomic E-state index is 14.3. The molecular weight excluding hydrogens is 575 g/mol. The standard InChI is InChI=1S/C35H33N3O3S2/c1-21(2)41-34(40)31-22(3)36-35-38(32(31)25-15-17-26(42-5)18-16-25)33(39)30(43-35)19-28-23(4)37(20-24-11-7-6-8-12-24)29-14-10-9-13-27(28)29/h6-19,21,32H,20H2,1-5H3/b30-19-/t32-/m1/s1. The minimum Gasteiger partial charge on any atom is -0.459 e. The van der Waals surface area contributed by atoms with E-state index in [2.05, 4.69) is 47.9 Å². The highest BCUT2D eigenvalue weighted by atomic mass is 32.2. The zero-order chi connectivity index (χ0) is 30.2. The van der Waals surface area contributed by atoms with E-state index in [1.165, 1.54) is 16.9 Å². The Morgan fingerprint density at radius 2 is 1.72 bits per heavy atom. The van der Waals surface area contributed by atoms with E-state index in [4.69, 9.17) is 9.73 Å². The summed E-state index contributed by atoms with van der Waals surface area (Å²) in [5, 5.41) is 1.09. The van der Waals surface area contributed by atoms with Gasteiger partial charge < -0.3 is 9.30 Å². The van der Waals surface area contributed by atoms with Gasteiger partial charge in [0, 0.05) is 33.6 Å². The van der Waals surface area contributed by atoms with Crippen molar-refractivity contribution in [2.24, 2.45) is 4.99 Å². The molecule has 2 aromatic heterocycles. The van der Waals surface area contributed by atoms with Gasteiger partial charge in [0.05, 0.1) is 27.9 Å². The highest BCUT2D eigenvalue weighted by Crippen LogP contribution is 2.32. The van der Waals surface area contributed by atoms with Crippen molar-refractivity contribution in [3.63, 3.8) is 0 Å². The number of rotatable bonds is 7. The van der Waals surface area contributed by atoms with Gasteiger partial charge in [-0.3, -0.25) is 9.36 Å². The van der Waals surface area contributed by atoms with Crippen molar-refractivity contribution in [3.8, 4) is 0 Å². The van der Waals surface area contributed by atoms with Crippen LogP contribution >= 0.6 is 23.1 Å². The molecule has 6 nitrogen and oxygen atoms in total. The smallest absolute Gasteiger partial charge is 0.338 e. The van der Waals surface area contributed by atoms with Crippen molar-refractivity contribution in [1.82, 2.24) is 9.13 Å². The summed E-state index contributed by atoms with van der Waals surface area (Å²) in [5.74, 6) is -0.454. The quantitative estimate of drug-likeness (QED) is 0.163. The first-order valence-electron chi connectivity index (χ1n) is 14.3. The Hall–Kier alpha value is -4.14. The Morgan fingerprint density at radius 3 is 2.42 bits per heavy atom. The van der Waals surface area contributed by atoms with Crippen LogP contribution in [0.3, 0.4) is 0 Å². The molecule has 1 atom stereocenters. The first kappa shape index (κ1) is 29.0. The second-order valence-corrected chi connectivity index (χ2v) is 12.8. The molecular formula is C35H33N3O3S2. The van der Waals surface area contributed by atoms with Crippen LogP contribution in [0.15, 0.2) is 105 Å². The van der Waals surface area contributed by atoms with Crippen molar-refractivity contribution in [2.45, 2.75) is 51.3 Å². The lowest BCUT2D eigenvalue weighted by atomic mass is 9.96. The summed E-state index contributed by atoms with van der Waals surface area (Å²) in [6.45, 7) is 8.29. The highest BCUT2D eigenvalue weighted by Gasteiger charge is 2.34. The van der Waals surface area contributed by atoms with Crippen LogP contribution in [0.5, 0.6) is 0 Å². The first-order chi connectivity index (χ1) is 20.8. The van der Waals surface area contributed by atoms with Crippen LogP contribution in [0.4, 0.5) is 0 Å². The number of thioether (sulfide) groups is 1. The zero-order valence-corrected chi connectivity index (χ0v) is 26.5. The summed E-state index contributed by atoms with van der Waals surface area (Å²) < 4.78 is 10.2. The van der Waals surface area contributed by atoms with Gasteiger partial charge in [0.2, 0.25) is 0 Å². The predicted octanol–water partition coefficient (Wildman–Crippen LogP) is 6.22. The maximum Gasteiger partial charge on any atom is 0.338 e. The highest BCUT2D eigenvalue weighted by molar-refractivity contribution is 7.98. The van der Waals surface area contributed by atoms with Gasteiger partial charge in [-0.2, -0.15) is 0 Å². The van der Waals surface area contributed by atoms with E-state index in [0.717, 1.165) is 39.2 Å². The van der Waals surface area contributed by atoms with Crippen molar-refractivity contribution in [2.75, 3.05) is 6.26 Å². The second-order valence-electron chi connectivity index (χ2n) is 10.9.